The number of aromatic nitrogens is 1. The fraction of sp³-hybridized carbons (Fsp3) is 0.308. The van der Waals surface area contributed by atoms with E-state index >= 15 is 0 Å². The van der Waals surface area contributed by atoms with Crippen LogP contribution in [0.4, 0.5) is 0 Å². The van der Waals surface area contributed by atoms with E-state index in [1.165, 1.54) is 4.88 Å². The molecule has 1 unspecified atom stereocenters. The third-order valence-corrected chi connectivity index (χ3v) is 4.64. The molecule has 2 aromatic rings. The lowest BCUT2D eigenvalue weighted by Crippen LogP contribution is -2.17. The number of hydrogen-bond donors (Lipinski definition) is 1. The van der Waals surface area contributed by atoms with E-state index in [9.17, 15) is 0 Å². The molecule has 1 aromatic carbocycles. The number of nitrogens with zero attached hydrogens (tertiary/aromatic N) is 1. The first-order valence-electron chi connectivity index (χ1n) is 5.63. The zero-order valence-electron chi connectivity index (χ0n) is 10.2. The van der Waals surface area contributed by atoms with Crippen LogP contribution in [0.15, 0.2) is 28.9 Å². The second-order valence-electron chi connectivity index (χ2n) is 4.06. The predicted octanol–water partition coefficient (Wildman–Crippen LogP) is 4.37. The minimum atomic E-state index is 0.259. The van der Waals surface area contributed by atoms with Crippen LogP contribution in [0.25, 0.3) is 0 Å². The molecule has 0 radical (unpaired) electrons. The molecule has 0 amide bonds. The number of aryl methyl sites for hydroxylation is 1. The SMILES string of the molecule is CNC(Cc1ccc(Br)cc1Cl)c1cnc(C)s1. The van der Waals surface area contributed by atoms with Crippen molar-refractivity contribution in [1.82, 2.24) is 10.3 Å². The van der Waals surface area contributed by atoms with E-state index in [0.29, 0.717) is 0 Å². The average molecular weight is 346 g/mol. The molecule has 1 N–H and O–H groups in total. The van der Waals surface area contributed by atoms with Gasteiger partial charge in [-0.25, -0.2) is 4.98 Å². The van der Waals surface area contributed by atoms with Crippen molar-refractivity contribution in [2.75, 3.05) is 7.05 Å². The van der Waals surface area contributed by atoms with Gasteiger partial charge in [0.1, 0.15) is 0 Å². The average Bonchev–Trinajstić information content (AvgIpc) is 2.75. The molecule has 2 nitrogen and oxygen atoms in total. The highest BCUT2D eigenvalue weighted by Gasteiger charge is 2.14. The Balaban J connectivity index is 2.20. The fourth-order valence-electron chi connectivity index (χ4n) is 1.79. The van der Waals surface area contributed by atoms with Gasteiger partial charge in [0.15, 0.2) is 0 Å². The first-order chi connectivity index (χ1) is 8.60. The van der Waals surface area contributed by atoms with Gasteiger partial charge >= 0.3 is 0 Å². The number of thiazole rings is 1. The number of benzene rings is 1. The minimum Gasteiger partial charge on any atom is -0.312 e. The van der Waals surface area contributed by atoms with Gasteiger partial charge in [-0.1, -0.05) is 33.6 Å². The number of nitrogens with one attached hydrogen (secondary N) is 1. The van der Waals surface area contributed by atoms with Crippen LogP contribution in [0.3, 0.4) is 0 Å². The maximum Gasteiger partial charge on any atom is 0.0897 e. The summed E-state index contributed by atoms with van der Waals surface area (Å²) in [6.07, 6.45) is 2.80. The summed E-state index contributed by atoms with van der Waals surface area (Å²) in [6, 6.07) is 6.27. The lowest BCUT2D eigenvalue weighted by atomic mass is 10.1. The van der Waals surface area contributed by atoms with Crippen LogP contribution in [0.5, 0.6) is 0 Å². The van der Waals surface area contributed by atoms with Gasteiger partial charge in [-0.2, -0.15) is 0 Å². The van der Waals surface area contributed by atoms with E-state index in [-0.39, 0.29) is 6.04 Å². The van der Waals surface area contributed by atoms with Gasteiger partial charge in [0.2, 0.25) is 0 Å². The quantitative estimate of drug-likeness (QED) is 0.890. The summed E-state index contributed by atoms with van der Waals surface area (Å²) in [7, 11) is 1.96. The van der Waals surface area contributed by atoms with Crippen LogP contribution in [0.2, 0.25) is 5.02 Å². The number of rotatable bonds is 4. The molecule has 0 aliphatic carbocycles. The van der Waals surface area contributed by atoms with E-state index < -0.39 is 0 Å². The molecule has 96 valence electrons. The number of likely N-dealkylation sites (N-methyl/N-ethyl adjacent to an activating group) is 1. The van der Waals surface area contributed by atoms with Gasteiger partial charge in [-0.05, 0) is 38.1 Å². The number of hydrogen-bond acceptors (Lipinski definition) is 3. The first-order valence-corrected chi connectivity index (χ1v) is 7.62. The summed E-state index contributed by atoms with van der Waals surface area (Å²) in [5, 5.41) is 5.21. The molecule has 5 heteroatoms. The molecule has 0 fully saturated rings. The molecule has 0 bridgehead atoms. The van der Waals surface area contributed by atoms with Crippen LogP contribution < -0.4 is 5.32 Å². The molecule has 0 spiro atoms. The zero-order chi connectivity index (χ0) is 13.1. The standard InChI is InChI=1S/C13H14BrClN2S/c1-8-17-7-13(18-8)12(16-2)5-9-3-4-10(14)6-11(9)15/h3-4,6-7,12,16H,5H2,1-2H3. The Labute approximate surface area is 125 Å². The molecule has 1 heterocycles. The van der Waals surface area contributed by atoms with Gasteiger partial charge in [0.05, 0.1) is 5.01 Å². The molecule has 0 aliphatic rings. The highest BCUT2D eigenvalue weighted by Crippen LogP contribution is 2.28. The Hall–Kier alpha value is -0.420. The van der Waals surface area contributed by atoms with Crippen LogP contribution in [-0.4, -0.2) is 12.0 Å². The predicted molar refractivity (Wildman–Crippen MR) is 81.5 cm³/mol. The second kappa shape index (κ2) is 6.15. The summed E-state index contributed by atoms with van der Waals surface area (Å²) in [5.41, 5.74) is 1.14. The highest BCUT2D eigenvalue weighted by atomic mass is 79.9. The normalized spacial score (nSPS) is 12.7. The van der Waals surface area contributed by atoms with Crippen molar-refractivity contribution < 1.29 is 0 Å². The summed E-state index contributed by atoms with van der Waals surface area (Å²) >= 11 is 11.4. The van der Waals surface area contributed by atoms with Crippen LogP contribution in [0, 0.1) is 6.92 Å². The van der Waals surface area contributed by atoms with Crippen LogP contribution >= 0.6 is 38.9 Å². The second-order valence-corrected chi connectivity index (χ2v) is 6.65. The van der Waals surface area contributed by atoms with Gasteiger partial charge in [0, 0.05) is 26.6 Å². The van der Waals surface area contributed by atoms with Crippen molar-refractivity contribution in [2.24, 2.45) is 0 Å². The Morgan fingerprint density at radius 3 is 2.83 bits per heavy atom. The highest BCUT2D eigenvalue weighted by molar-refractivity contribution is 9.10. The van der Waals surface area contributed by atoms with Gasteiger partial charge in [-0.15, -0.1) is 11.3 Å². The van der Waals surface area contributed by atoms with Crippen LogP contribution in [-0.2, 0) is 6.42 Å². The van der Waals surface area contributed by atoms with Gasteiger partial charge < -0.3 is 5.32 Å². The maximum atomic E-state index is 6.25. The number of halogens is 2. The van der Waals surface area contributed by atoms with E-state index in [1.807, 2.05) is 32.3 Å². The summed E-state index contributed by atoms with van der Waals surface area (Å²) in [5.74, 6) is 0. The molecular weight excluding hydrogens is 332 g/mol. The van der Waals surface area contributed by atoms with E-state index in [1.54, 1.807) is 11.3 Å². The molecule has 18 heavy (non-hydrogen) atoms. The van der Waals surface area contributed by atoms with Crippen molar-refractivity contribution in [1.29, 1.82) is 0 Å². The summed E-state index contributed by atoms with van der Waals surface area (Å²) in [6.45, 7) is 2.02. The van der Waals surface area contributed by atoms with Crippen molar-refractivity contribution >= 4 is 38.9 Å². The first kappa shape index (κ1) is 14.0. The Morgan fingerprint density at radius 2 is 2.28 bits per heavy atom. The van der Waals surface area contributed by atoms with E-state index in [4.69, 9.17) is 11.6 Å². The Morgan fingerprint density at radius 1 is 1.50 bits per heavy atom. The van der Waals surface area contributed by atoms with Crippen molar-refractivity contribution in [3.05, 3.63) is 49.3 Å². The minimum absolute atomic E-state index is 0.259. The van der Waals surface area contributed by atoms with Crippen molar-refractivity contribution in [3.8, 4) is 0 Å². The summed E-state index contributed by atoms with van der Waals surface area (Å²) < 4.78 is 1.01. The summed E-state index contributed by atoms with van der Waals surface area (Å²) in [4.78, 5) is 5.55. The lowest BCUT2D eigenvalue weighted by molar-refractivity contribution is 0.601. The van der Waals surface area contributed by atoms with Crippen LogP contribution in [0.1, 0.15) is 21.5 Å². The molecule has 0 saturated heterocycles. The molecule has 2 rings (SSSR count). The zero-order valence-corrected chi connectivity index (χ0v) is 13.4. The van der Waals surface area contributed by atoms with E-state index in [2.05, 4.69) is 32.3 Å². The topological polar surface area (TPSA) is 24.9 Å². The molecule has 0 aliphatic heterocycles. The smallest absolute Gasteiger partial charge is 0.0897 e. The van der Waals surface area contributed by atoms with Crippen molar-refractivity contribution in [2.45, 2.75) is 19.4 Å². The largest absolute Gasteiger partial charge is 0.312 e. The van der Waals surface area contributed by atoms with E-state index in [0.717, 1.165) is 26.5 Å². The Kier molecular flexibility index (Phi) is 4.78. The maximum absolute atomic E-state index is 6.25. The molecule has 1 atom stereocenters. The van der Waals surface area contributed by atoms with Crippen molar-refractivity contribution in [3.63, 3.8) is 0 Å². The third kappa shape index (κ3) is 3.32. The monoisotopic (exact) mass is 344 g/mol. The third-order valence-electron chi connectivity index (χ3n) is 2.77. The molecule has 0 saturated carbocycles. The molecular formula is C13H14BrClN2S. The van der Waals surface area contributed by atoms with Gasteiger partial charge in [0.25, 0.3) is 0 Å². The Bertz CT molecular complexity index is 542. The fourth-order valence-corrected chi connectivity index (χ4v) is 3.44. The molecule has 1 aromatic heterocycles. The van der Waals surface area contributed by atoms with Gasteiger partial charge in [-0.3, -0.25) is 0 Å². The lowest BCUT2D eigenvalue weighted by Gasteiger charge is -2.15.